The predicted molar refractivity (Wildman–Crippen MR) is 97.3 cm³/mol. The quantitative estimate of drug-likeness (QED) is 0.206. The number of nitro groups is 1. The number of halogens is 4. The van der Waals surface area contributed by atoms with Crippen LogP contribution in [0.25, 0.3) is 6.08 Å². The molecule has 0 radical (unpaired) electrons. The Kier molecular flexibility index (Phi) is 5.87. The average Bonchev–Trinajstić information content (AvgIpc) is 2.52. The zero-order chi connectivity index (χ0) is 18.0. The first-order valence-electron chi connectivity index (χ1n) is 6.25. The maximum Gasteiger partial charge on any atom is 0.312 e. The van der Waals surface area contributed by atoms with Crippen molar-refractivity contribution in [2.45, 2.75) is 0 Å². The molecule has 0 atom stereocenters. The second-order valence-corrected chi connectivity index (χ2v) is 6.64. The van der Waals surface area contributed by atoms with E-state index in [1.165, 1.54) is 24.3 Å². The predicted octanol–water partition coefficient (Wildman–Crippen LogP) is 5.92. The van der Waals surface area contributed by atoms with Gasteiger partial charge >= 0.3 is 5.69 Å². The number of phenolic OH excluding ortho intramolecular Hbond substituents is 1. The highest BCUT2D eigenvalue weighted by Gasteiger charge is 2.21. The summed E-state index contributed by atoms with van der Waals surface area (Å²) in [7, 11) is 0. The molecular formula is C15H7BrCl3NO4. The number of carbonyl (C=O) groups is 1. The number of phenols is 1. The monoisotopic (exact) mass is 449 g/mol. The normalized spacial score (nSPS) is 11.0. The molecule has 0 aromatic heterocycles. The van der Waals surface area contributed by atoms with Gasteiger partial charge in [-0.2, -0.15) is 0 Å². The zero-order valence-electron chi connectivity index (χ0n) is 11.6. The van der Waals surface area contributed by atoms with Crippen LogP contribution in [0.2, 0.25) is 15.1 Å². The molecule has 124 valence electrons. The van der Waals surface area contributed by atoms with E-state index in [9.17, 15) is 20.0 Å². The highest BCUT2D eigenvalue weighted by molar-refractivity contribution is 9.10. The molecule has 0 amide bonds. The fraction of sp³-hybridized carbons (Fsp3) is 0. The van der Waals surface area contributed by atoms with Crippen molar-refractivity contribution in [2.24, 2.45) is 0 Å². The van der Waals surface area contributed by atoms with E-state index >= 15 is 0 Å². The number of rotatable bonds is 4. The number of benzene rings is 2. The number of allylic oxidation sites excluding steroid dienone is 1. The molecule has 0 bridgehead atoms. The van der Waals surface area contributed by atoms with Crippen molar-refractivity contribution in [3.8, 4) is 5.75 Å². The third-order valence-electron chi connectivity index (χ3n) is 3.00. The molecule has 2 aromatic rings. The van der Waals surface area contributed by atoms with Crippen LogP contribution in [-0.4, -0.2) is 15.8 Å². The molecule has 5 nitrogen and oxygen atoms in total. The van der Waals surface area contributed by atoms with Crippen molar-refractivity contribution in [3.05, 3.63) is 71.1 Å². The molecule has 0 unspecified atom stereocenters. The van der Waals surface area contributed by atoms with Crippen LogP contribution >= 0.6 is 50.7 Å². The van der Waals surface area contributed by atoms with Crippen molar-refractivity contribution >= 4 is 68.3 Å². The highest BCUT2D eigenvalue weighted by Crippen LogP contribution is 2.35. The van der Waals surface area contributed by atoms with Crippen molar-refractivity contribution in [3.63, 3.8) is 0 Å². The summed E-state index contributed by atoms with van der Waals surface area (Å²) in [5.41, 5.74) is -0.496. The number of nitrogens with zero attached hydrogens (tertiary/aromatic N) is 1. The lowest BCUT2D eigenvalue weighted by molar-refractivity contribution is -0.386. The van der Waals surface area contributed by atoms with E-state index in [4.69, 9.17) is 34.8 Å². The van der Waals surface area contributed by atoms with Crippen LogP contribution in [0.1, 0.15) is 15.9 Å². The Morgan fingerprint density at radius 1 is 1.21 bits per heavy atom. The summed E-state index contributed by atoms with van der Waals surface area (Å²) in [5, 5.41) is 21.5. The second kappa shape index (κ2) is 7.53. The van der Waals surface area contributed by atoms with Crippen LogP contribution in [0.3, 0.4) is 0 Å². The average molecular weight is 451 g/mol. The Balaban J connectivity index is 2.45. The van der Waals surface area contributed by atoms with Gasteiger partial charge in [-0.15, -0.1) is 0 Å². The maximum atomic E-state index is 12.3. The van der Waals surface area contributed by atoms with Gasteiger partial charge in [-0.1, -0.05) is 50.7 Å². The Bertz CT molecular complexity index is 884. The Hall–Kier alpha value is -1.60. The van der Waals surface area contributed by atoms with Crippen LogP contribution < -0.4 is 0 Å². The van der Waals surface area contributed by atoms with Crippen LogP contribution in [0.5, 0.6) is 5.75 Å². The molecule has 9 heteroatoms. The first-order valence-corrected chi connectivity index (χ1v) is 8.18. The first kappa shape index (κ1) is 18.7. The topological polar surface area (TPSA) is 80.4 Å². The molecule has 1 N–H and O–H groups in total. The molecule has 0 aliphatic carbocycles. The Morgan fingerprint density at radius 2 is 1.83 bits per heavy atom. The SMILES string of the molecule is O=C(/C=C/c1c(Cl)ccc(Cl)c1Cl)c1cc(Br)cc([N+](=O)[O-])c1O. The van der Waals surface area contributed by atoms with Crippen LogP contribution in [0.4, 0.5) is 5.69 Å². The molecule has 2 aromatic carbocycles. The largest absolute Gasteiger partial charge is 0.502 e. The van der Waals surface area contributed by atoms with Gasteiger partial charge in [-0.3, -0.25) is 14.9 Å². The van der Waals surface area contributed by atoms with Gasteiger partial charge in [0.2, 0.25) is 5.75 Å². The lowest BCUT2D eigenvalue weighted by Gasteiger charge is -2.05. The van der Waals surface area contributed by atoms with Gasteiger partial charge in [0, 0.05) is 21.1 Å². The lowest BCUT2D eigenvalue weighted by atomic mass is 10.1. The summed E-state index contributed by atoms with van der Waals surface area (Å²) in [5.74, 6) is -1.38. The van der Waals surface area contributed by atoms with Gasteiger partial charge < -0.3 is 5.11 Å². The summed E-state index contributed by atoms with van der Waals surface area (Å²) < 4.78 is 0.280. The molecule has 24 heavy (non-hydrogen) atoms. The smallest absolute Gasteiger partial charge is 0.312 e. The minimum absolute atomic E-state index is 0.165. The van der Waals surface area contributed by atoms with E-state index < -0.39 is 22.1 Å². The van der Waals surface area contributed by atoms with Crippen LogP contribution in [0.15, 0.2) is 34.8 Å². The first-order chi connectivity index (χ1) is 11.2. The van der Waals surface area contributed by atoms with E-state index in [-0.39, 0.29) is 25.1 Å². The van der Waals surface area contributed by atoms with E-state index in [1.54, 1.807) is 0 Å². The van der Waals surface area contributed by atoms with Crippen molar-refractivity contribution in [1.82, 2.24) is 0 Å². The Morgan fingerprint density at radius 3 is 2.46 bits per heavy atom. The molecule has 0 aliphatic heterocycles. The van der Waals surface area contributed by atoms with E-state index in [0.717, 1.165) is 12.1 Å². The lowest BCUT2D eigenvalue weighted by Crippen LogP contribution is -1.99. The zero-order valence-corrected chi connectivity index (χ0v) is 15.4. The van der Waals surface area contributed by atoms with Crippen molar-refractivity contribution < 1.29 is 14.8 Å². The molecular weight excluding hydrogens is 444 g/mol. The molecule has 0 saturated heterocycles. The summed E-state index contributed by atoms with van der Waals surface area (Å²) in [6.07, 6.45) is 2.42. The number of aromatic hydroxyl groups is 1. The van der Waals surface area contributed by atoms with E-state index in [0.29, 0.717) is 5.56 Å². The van der Waals surface area contributed by atoms with Gasteiger partial charge in [0.1, 0.15) is 0 Å². The van der Waals surface area contributed by atoms with Gasteiger partial charge in [0.25, 0.3) is 0 Å². The molecule has 0 fully saturated rings. The summed E-state index contributed by atoms with van der Waals surface area (Å²) in [6.45, 7) is 0. The molecule has 0 saturated carbocycles. The van der Waals surface area contributed by atoms with Crippen LogP contribution in [-0.2, 0) is 0 Å². The van der Waals surface area contributed by atoms with Crippen molar-refractivity contribution in [2.75, 3.05) is 0 Å². The minimum atomic E-state index is -0.786. The number of carbonyl (C=O) groups excluding carboxylic acids is 1. The number of hydrogen-bond donors (Lipinski definition) is 1. The summed E-state index contributed by atoms with van der Waals surface area (Å²) >= 11 is 21.0. The second-order valence-electron chi connectivity index (χ2n) is 4.53. The van der Waals surface area contributed by atoms with Gasteiger partial charge in [0.15, 0.2) is 5.78 Å². The molecule has 0 heterocycles. The summed E-state index contributed by atoms with van der Waals surface area (Å²) in [4.78, 5) is 22.4. The highest BCUT2D eigenvalue weighted by atomic mass is 79.9. The maximum absolute atomic E-state index is 12.3. The number of ketones is 1. The van der Waals surface area contributed by atoms with Crippen LogP contribution in [0, 0.1) is 10.1 Å². The van der Waals surface area contributed by atoms with Gasteiger partial charge in [-0.05, 0) is 30.4 Å². The van der Waals surface area contributed by atoms with Crippen molar-refractivity contribution in [1.29, 1.82) is 0 Å². The Labute approximate surface area is 159 Å². The number of hydrogen-bond acceptors (Lipinski definition) is 4. The molecule has 2 rings (SSSR count). The van der Waals surface area contributed by atoms with E-state index in [2.05, 4.69) is 15.9 Å². The third kappa shape index (κ3) is 3.89. The standard InChI is InChI=1S/C15H7BrCl3NO4/c16-7-5-9(15(22)12(6-7)20(23)24)13(21)4-1-8-10(17)2-3-11(18)14(8)19/h1-6,22H/b4-1+. The third-order valence-corrected chi connectivity index (χ3v) is 4.60. The minimum Gasteiger partial charge on any atom is -0.502 e. The molecule has 0 aliphatic rings. The molecule has 0 spiro atoms. The fourth-order valence-corrected chi connectivity index (χ4v) is 2.96. The van der Waals surface area contributed by atoms with Gasteiger partial charge in [-0.25, -0.2) is 0 Å². The fourth-order valence-electron chi connectivity index (χ4n) is 1.86. The van der Waals surface area contributed by atoms with E-state index in [1.807, 2.05) is 0 Å². The van der Waals surface area contributed by atoms with Gasteiger partial charge in [0.05, 0.1) is 20.5 Å². The summed E-state index contributed by atoms with van der Waals surface area (Å²) in [6, 6.07) is 5.40. The number of nitro benzene ring substituents is 1.